The lowest BCUT2D eigenvalue weighted by Crippen LogP contribution is -2.13. The molecule has 1 unspecified atom stereocenters. The average molecular weight is 295 g/mol. The van der Waals surface area contributed by atoms with Gasteiger partial charge in [0.2, 0.25) is 0 Å². The minimum Gasteiger partial charge on any atom is -0.387 e. The highest BCUT2D eigenvalue weighted by Gasteiger charge is 2.30. The molecule has 0 spiro atoms. The Kier molecular flexibility index (Phi) is 4.53. The van der Waals surface area contributed by atoms with E-state index in [1.165, 1.54) is 12.1 Å². The summed E-state index contributed by atoms with van der Waals surface area (Å²) >= 11 is 0. The first-order valence-corrected chi connectivity index (χ1v) is 6.52. The summed E-state index contributed by atoms with van der Waals surface area (Å²) in [6, 6.07) is 12.2. The molecule has 0 fully saturated rings. The molecule has 0 radical (unpaired) electrons. The van der Waals surface area contributed by atoms with Gasteiger partial charge in [-0.25, -0.2) is 0 Å². The van der Waals surface area contributed by atoms with Gasteiger partial charge in [0.1, 0.15) is 0 Å². The standard InChI is InChI=1S/C16H16F3NO/c1-11-4-2-3-5-14(11)20-10-15(21)12-6-8-13(9-7-12)16(17,18)19/h2-9,15,20-21H,10H2,1H3. The highest BCUT2D eigenvalue weighted by Crippen LogP contribution is 2.30. The SMILES string of the molecule is Cc1ccccc1NCC(O)c1ccc(C(F)(F)F)cc1. The fraction of sp³-hybridized carbons (Fsp3) is 0.250. The zero-order chi connectivity index (χ0) is 15.5. The first-order valence-electron chi connectivity index (χ1n) is 6.52. The zero-order valence-electron chi connectivity index (χ0n) is 11.5. The maximum atomic E-state index is 12.5. The van der Waals surface area contributed by atoms with Crippen LogP contribution in [0.25, 0.3) is 0 Å². The van der Waals surface area contributed by atoms with Crippen LogP contribution in [0.15, 0.2) is 48.5 Å². The van der Waals surface area contributed by atoms with Crippen LogP contribution in [0.5, 0.6) is 0 Å². The molecule has 0 amide bonds. The van der Waals surface area contributed by atoms with Gasteiger partial charge in [0.05, 0.1) is 11.7 Å². The number of alkyl halides is 3. The van der Waals surface area contributed by atoms with E-state index in [2.05, 4.69) is 5.32 Å². The third-order valence-electron chi connectivity index (χ3n) is 3.25. The maximum Gasteiger partial charge on any atom is 0.416 e. The second kappa shape index (κ2) is 6.18. The minimum absolute atomic E-state index is 0.232. The van der Waals surface area contributed by atoms with Crippen molar-refractivity contribution < 1.29 is 18.3 Å². The van der Waals surface area contributed by atoms with E-state index in [4.69, 9.17) is 0 Å². The number of para-hydroxylation sites is 1. The van der Waals surface area contributed by atoms with Gasteiger partial charge >= 0.3 is 6.18 Å². The summed E-state index contributed by atoms with van der Waals surface area (Å²) < 4.78 is 37.4. The number of aryl methyl sites for hydroxylation is 1. The van der Waals surface area contributed by atoms with Gasteiger partial charge in [-0.1, -0.05) is 30.3 Å². The van der Waals surface area contributed by atoms with Crippen molar-refractivity contribution in [2.45, 2.75) is 19.2 Å². The molecule has 0 aromatic heterocycles. The Hall–Kier alpha value is -2.01. The summed E-state index contributed by atoms with van der Waals surface area (Å²) in [4.78, 5) is 0. The summed E-state index contributed by atoms with van der Waals surface area (Å²) in [5.41, 5.74) is 1.66. The lowest BCUT2D eigenvalue weighted by atomic mass is 10.1. The van der Waals surface area contributed by atoms with E-state index in [0.29, 0.717) is 5.56 Å². The number of rotatable bonds is 4. The molecule has 2 nitrogen and oxygen atoms in total. The highest BCUT2D eigenvalue weighted by atomic mass is 19.4. The first-order chi connectivity index (χ1) is 9.88. The summed E-state index contributed by atoms with van der Waals surface area (Å²) in [5, 5.41) is 13.1. The predicted octanol–water partition coefficient (Wildman–Crippen LogP) is 4.16. The van der Waals surface area contributed by atoms with Crippen molar-refractivity contribution in [2.24, 2.45) is 0 Å². The second-order valence-electron chi connectivity index (χ2n) is 4.83. The third-order valence-corrected chi connectivity index (χ3v) is 3.25. The van der Waals surface area contributed by atoms with E-state index in [1.807, 2.05) is 31.2 Å². The van der Waals surface area contributed by atoms with Gasteiger partial charge in [-0.15, -0.1) is 0 Å². The van der Waals surface area contributed by atoms with Crippen LogP contribution in [0.2, 0.25) is 0 Å². The quantitative estimate of drug-likeness (QED) is 0.887. The normalized spacial score (nSPS) is 13.0. The molecule has 112 valence electrons. The van der Waals surface area contributed by atoms with Gasteiger partial charge < -0.3 is 10.4 Å². The van der Waals surface area contributed by atoms with E-state index in [9.17, 15) is 18.3 Å². The lowest BCUT2D eigenvalue weighted by molar-refractivity contribution is -0.137. The van der Waals surface area contributed by atoms with Crippen molar-refractivity contribution in [3.63, 3.8) is 0 Å². The molecule has 0 aliphatic carbocycles. The predicted molar refractivity (Wildman–Crippen MR) is 76.1 cm³/mol. The van der Waals surface area contributed by atoms with Crippen molar-refractivity contribution in [1.82, 2.24) is 0 Å². The number of hydrogen-bond acceptors (Lipinski definition) is 2. The van der Waals surface area contributed by atoms with E-state index in [-0.39, 0.29) is 6.54 Å². The van der Waals surface area contributed by atoms with Gasteiger partial charge in [-0.2, -0.15) is 13.2 Å². The van der Waals surface area contributed by atoms with Gasteiger partial charge in [-0.05, 0) is 36.2 Å². The van der Waals surface area contributed by atoms with Crippen LogP contribution >= 0.6 is 0 Å². The fourth-order valence-electron chi connectivity index (χ4n) is 1.99. The summed E-state index contributed by atoms with van der Waals surface area (Å²) in [7, 11) is 0. The van der Waals surface area contributed by atoms with Crippen LogP contribution in [0, 0.1) is 6.92 Å². The average Bonchev–Trinajstić information content (AvgIpc) is 2.45. The molecule has 1 atom stereocenters. The number of aliphatic hydroxyl groups excluding tert-OH is 1. The molecule has 21 heavy (non-hydrogen) atoms. The molecular weight excluding hydrogens is 279 g/mol. The number of benzene rings is 2. The van der Waals surface area contributed by atoms with Crippen LogP contribution in [0.1, 0.15) is 22.8 Å². The molecule has 0 saturated carbocycles. The van der Waals surface area contributed by atoms with E-state index in [1.54, 1.807) is 0 Å². The molecule has 0 bridgehead atoms. The van der Waals surface area contributed by atoms with Crippen molar-refractivity contribution in [3.8, 4) is 0 Å². The Morgan fingerprint density at radius 1 is 1.05 bits per heavy atom. The molecule has 2 aromatic rings. The number of halogens is 3. The van der Waals surface area contributed by atoms with Crippen LogP contribution in [0.3, 0.4) is 0 Å². The van der Waals surface area contributed by atoms with Crippen molar-refractivity contribution in [2.75, 3.05) is 11.9 Å². The molecule has 0 aliphatic heterocycles. The molecule has 5 heteroatoms. The number of hydrogen-bond donors (Lipinski definition) is 2. The fourth-order valence-corrected chi connectivity index (χ4v) is 1.99. The van der Waals surface area contributed by atoms with Gasteiger partial charge in [0.25, 0.3) is 0 Å². The molecule has 2 aromatic carbocycles. The summed E-state index contributed by atoms with van der Waals surface area (Å²) in [6.07, 6.45) is -5.23. The molecular formula is C16H16F3NO. The Labute approximate surface area is 121 Å². The number of anilines is 1. The van der Waals surface area contributed by atoms with E-state index < -0.39 is 17.8 Å². The molecule has 2 rings (SSSR count). The third kappa shape index (κ3) is 3.98. The number of nitrogens with one attached hydrogen (secondary N) is 1. The Balaban J connectivity index is 2.01. The highest BCUT2D eigenvalue weighted by molar-refractivity contribution is 5.50. The maximum absolute atomic E-state index is 12.5. The summed E-state index contributed by atoms with van der Waals surface area (Å²) in [6.45, 7) is 2.17. The zero-order valence-corrected chi connectivity index (χ0v) is 11.5. The van der Waals surface area contributed by atoms with Gasteiger partial charge in [0, 0.05) is 12.2 Å². The Morgan fingerprint density at radius 2 is 1.67 bits per heavy atom. The monoisotopic (exact) mass is 295 g/mol. The van der Waals surface area contributed by atoms with Crippen LogP contribution in [0.4, 0.5) is 18.9 Å². The van der Waals surface area contributed by atoms with Crippen LogP contribution in [-0.2, 0) is 6.18 Å². The molecule has 0 aliphatic rings. The lowest BCUT2D eigenvalue weighted by Gasteiger charge is -2.15. The van der Waals surface area contributed by atoms with Gasteiger partial charge in [-0.3, -0.25) is 0 Å². The van der Waals surface area contributed by atoms with E-state index in [0.717, 1.165) is 23.4 Å². The number of aliphatic hydroxyl groups is 1. The molecule has 2 N–H and O–H groups in total. The van der Waals surface area contributed by atoms with Crippen molar-refractivity contribution >= 4 is 5.69 Å². The molecule has 0 saturated heterocycles. The van der Waals surface area contributed by atoms with Crippen LogP contribution in [-0.4, -0.2) is 11.7 Å². The largest absolute Gasteiger partial charge is 0.416 e. The molecule has 0 heterocycles. The topological polar surface area (TPSA) is 32.3 Å². The van der Waals surface area contributed by atoms with Crippen LogP contribution < -0.4 is 5.32 Å². The first kappa shape index (κ1) is 15.4. The van der Waals surface area contributed by atoms with Crippen molar-refractivity contribution in [3.05, 3.63) is 65.2 Å². The Bertz CT molecular complexity index is 593. The van der Waals surface area contributed by atoms with Gasteiger partial charge in [0.15, 0.2) is 0 Å². The Morgan fingerprint density at radius 3 is 2.24 bits per heavy atom. The second-order valence-corrected chi connectivity index (χ2v) is 4.83. The van der Waals surface area contributed by atoms with E-state index >= 15 is 0 Å². The van der Waals surface area contributed by atoms with Crippen molar-refractivity contribution in [1.29, 1.82) is 0 Å². The summed E-state index contributed by atoms with van der Waals surface area (Å²) in [5.74, 6) is 0. The smallest absolute Gasteiger partial charge is 0.387 e. The minimum atomic E-state index is -4.36.